The quantitative estimate of drug-likeness (QED) is 0.823. The molecule has 2 rings (SSSR count). The van der Waals surface area contributed by atoms with Crippen LogP contribution in [0.2, 0.25) is 0 Å². The number of nitrogens with one attached hydrogen (secondary N) is 1. The molecule has 118 valence electrons. The zero-order valence-electron chi connectivity index (χ0n) is 12.7. The van der Waals surface area contributed by atoms with Crippen LogP contribution in [0.5, 0.6) is 11.5 Å². The first kappa shape index (κ1) is 16.1. The molecular weight excluding hydrogens is 285 g/mol. The molecule has 2 aromatic carbocycles. The third-order valence-corrected chi connectivity index (χ3v) is 3.27. The van der Waals surface area contributed by atoms with Crippen molar-refractivity contribution in [3.05, 3.63) is 53.8 Å². The minimum atomic E-state index is -0.374. The monoisotopic (exact) mass is 305 g/mol. The Bertz CT molecular complexity index is 601. The highest BCUT2D eigenvalue weighted by Gasteiger charge is 2.09. The second-order valence-electron chi connectivity index (χ2n) is 4.86. The molecule has 5 heteroatoms. The molecule has 1 atom stereocenters. The van der Waals surface area contributed by atoms with Crippen LogP contribution in [0.4, 0.5) is 10.1 Å². The Balaban J connectivity index is 2.02. The molecule has 0 heterocycles. The summed E-state index contributed by atoms with van der Waals surface area (Å²) < 4.78 is 23.9. The smallest absolute Gasteiger partial charge is 0.165 e. The maximum Gasteiger partial charge on any atom is 0.165 e. The summed E-state index contributed by atoms with van der Waals surface area (Å²) in [6, 6.07) is 12.3. The molecule has 2 aromatic rings. The third kappa shape index (κ3) is 4.11. The van der Waals surface area contributed by atoms with Gasteiger partial charge in [-0.1, -0.05) is 6.07 Å². The van der Waals surface area contributed by atoms with E-state index in [4.69, 9.17) is 14.6 Å². The van der Waals surface area contributed by atoms with Crippen molar-refractivity contribution >= 4 is 5.69 Å². The van der Waals surface area contributed by atoms with Gasteiger partial charge < -0.3 is 19.9 Å². The van der Waals surface area contributed by atoms with E-state index >= 15 is 0 Å². The summed E-state index contributed by atoms with van der Waals surface area (Å²) in [6.07, 6.45) is 0. The molecule has 0 fully saturated rings. The van der Waals surface area contributed by atoms with E-state index in [1.165, 1.54) is 13.2 Å². The number of anilines is 1. The molecule has 0 spiro atoms. The van der Waals surface area contributed by atoms with E-state index in [0.717, 1.165) is 11.3 Å². The number of hydrogen-bond donors (Lipinski definition) is 2. The van der Waals surface area contributed by atoms with Gasteiger partial charge in [-0.05, 0) is 48.9 Å². The van der Waals surface area contributed by atoms with Gasteiger partial charge in [-0.2, -0.15) is 0 Å². The SMILES string of the molecule is COc1ccc(C(C)Nc2ccc(OCCO)cc2)cc1F. The first-order valence-electron chi connectivity index (χ1n) is 7.07. The average Bonchev–Trinajstić information content (AvgIpc) is 2.54. The van der Waals surface area contributed by atoms with E-state index < -0.39 is 0 Å². The highest BCUT2D eigenvalue weighted by atomic mass is 19.1. The van der Waals surface area contributed by atoms with E-state index in [2.05, 4.69) is 5.32 Å². The fraction of sp³-hybridized carbons (Fsp3) is 0.294. The number of methoxy groups -OCH3 is 1. The normalized spacial score (nSPS) is 11.8. The van der Waals surface area contributed by atoms with E-state index in [1.807, 2.05) is 37.3 Å². The van der Waals surface area contributed by atoms with Gasteiger partial charge in [0, 0.05) is 11.7 Å². The van der Waals surface area contributed by atoms with Crippen molar-refractivity contribution in [3.63, 3.8) is 0 Å². The van der Waals surface area contributed by atoms with Crippen LogP contribution in [0, 0.1) is 5.82 Å². The molecule has 0 saturated heterocycles. The first-order valence-corrected chi connectivity index (χ1v) is 7.07. The Hall–Kier alpha value is -2.27. The van der Waals surface area contributed by atoms with Crippen molar-refractivity contribution < 1.29 is 19.0 Å². The van der Waals surface area contributed by atoms with E-state index in [-0.39, 0.29) is 30.8 Å². The van der Waals surface area contributed by atoms with Crippen molar-refractivity contribution in [1.29, 1.82) is 0 Å². The number of rotatable bonds is 7. The number of ether oxygens (including phenoxy) is 2. The largest absolute Gasteiger partial charge is 0.494 e. The molecule has 2 N–H and O–H groups in total. The number of aliphatic hydroxyl groups is 1. The van der Waals surface area contributed by atoms with Gasteiger partial charge in [-0.15, -0.1) is 0 Å². The highest BCUT2D eigenvalue weighted by Crippen LogP contribution is 2.25. The van der Waals surface area contributed by atoms with Crippen molar-refractivity contribution in [1.82, 2.24) is 0 Å². The van der Waals surface area contributed by atoms with Crippen LogP contribution in [-0.4, -0.2) is 25.4 Å². The molecule has 0 aliphatic heterocycles. The Morgan fingerprint density at radius 2 is 1.91 bits per heavy atom. The molecule has 0 aromatic heterocycles. The zero-order chi connectivity index (χ0) is 15.9. The summed E-state index contributed by atoms with van der Waals surface area (Å²) in [4.78, 5) is 0. The summed E-state index contributed by atoms with van der Waals surface area (Å²) in [5.41, 5.74) is 1.74. The number of hydrogen-bond acceptors (Lipinski definition) is 4. The van der Waals surface area contributed by atoms with E-state index in [0.29, 0.717) is 5.75 Å². The van der Waals surface area contributed by atoms with Crippen molar-refractivity contribution in [3.8, 4) is 11.5 Å². The van der Waals surface area contributed by atoms with Gasteiger partial charge in [0.15, 0.2) is 11.6 Å². The van der Waals surface area contributed by atoms with Gasteiger partial charge in [0.1, 0.15) is 12.4 Å². The summed E-state index contributed by atoms with van der Waals surface area (Å²) in [5, 5.41) is 12.0. The maximum absolute atomic E-state index is 13.7. The van der Waals surface area contributed by atoms with Gasteiger partial charge in [-0.25, -0.2) is 4.39 Å². The van der Waals surface area contributed by atoms with Crippen molar-refractivity contribution in [2.24, 2.45) is 0 Å². The topological polar surface area (TPSA) is 50.7 Å². The lowest BCUT2D eigenvalue weighted by Gasteiger charge is -2.17. The van der Waals surface area contributed by atoms with Crippen LogP contribution in [0.3, 0.4) is 0 Å². The predicted octanol–water partition coefficient (Wildman–Crippen LogP) is 3.38. The standard InChI is InChI=1S/C17H20FNO3/c1-12(13-3-8-17(21-2)16(18)11-13)19-14-4-6-15(7-5-14)22-10-9-20/h3-8,11-12,19-20H,9-10H2,1-2H3. The Morgan fingerprint density at radius 3 is 2.50 bits per heavy atom. The summed E-state index contributed by atoms with van der Waals surface area (Å²) in [5.74, 6) is 0.561. The minimum absolute atomic E-state index is 0.0138. The molecule has 0 bridgehead atoms. The van der Waals surface area contributed by atoms with Gasteiger partial charge in [0.2, 0.25) is 0 Å². The van der Waals surface area contributed by atoms with Crippen LogP contribution in [0.25, 0.3) is 0 Å². The lowest BCUT2D eigenvalue weighted by Crippen LogP contribution is -2.07. The Morgan fingerprint density at radius 1 is 1.18 bits per heavy atom. The minimum Gasteiger partial charge on any atom is -0.494 e. The summed E-state index contributed by atoms with van der Waals surface area (Å²) in [7, 11) is 1.44. The van der Waals surface area contributed by atoms with Crippen LogP contribution in [0.15, 0.2) is 42.5 Å². The number of halogens is 1. The second kappa shape index (κ2) is 7.66. The van der Waals surface area contributed by atoms with Gasteiger partial charge in [-0.3, -0.25) is 0 Å². The fourth-order valence-corrected chi connectivity index (χ4v) is 2.10. The molecular formula is C17H20FNO3. The zero-order valence-corrected chi connectivity index (χ0v) is 12.7. The molecule has 4 nitrogen and oxygen atoms in total. The van der Waals surface area contributed by atoms with Crippen LogP contribution < -0.4 is 14.8 Å². The van der Waals surface area contributed by atoms with Crippen molar-refractivity contribution in [2.75, 3.05) is 25.6 Å². The summed E-state index contributed by atoms with van der Waals surface area (Å²) >= 11 is 0. The lowest BCUT2D eigenvalue weighted by molar-refractivity contribution is 0.201. The molecule has 1 unspecified atom stereocenters. The Kier molecular flexibility index (Phi) is 5.61. The van der Waals surface area contributed by atoms with Crippen LogP contribution >= 0.6 is 0 Å². The summed E-state index contributed by atoms with van der Waals surface area (Å²) in [6.45, 7) is 2.21. The molecule has 0 amide bonds. The van der Waals surface area contributed by atoms with Gasteiger partial charge >= 0.3 is 0 Å². The van der Waals surface area contributed by atoms with Crippen LogP contribution in [0.1, 0.15) is 18.5 Å². The molecule has 22 heavy (non-hydrogen) atoms. The molecule has 0 saturated carbocycles. The molecule has 0 aliphatic rings. The fourth-order valence-electron chi connectivity index (χ4n) is 2.10. The van der Waals surface area contributed by atoms with Crippen molar-refractivity contribution in [2.45, 2.75) is 13.0 Å². The predicted molar refractivity (Wildman–Crippen MR) is 84.0 cm³/mol. The average molecular weight is 305 g/mol. The number of aliphatic hydroxyl groups excluding tert-OH is 1. The highest BCUT2D eigenvalue weighted by molar-refractivity contribution is 5.48. The third-order valence-electron chi connectivity index (χ3n) is 3.27. The van der Waals surface area contributed by atoms with E-state index in [1.54, 1.807) is 6.07 Å². The van der Waals surface area contributed by atoms with Crippen LogP contribution in [-0.2, 0) is 0 Å². The maximum atomic E-state index is 13.7. The van der Waals surface area contributed by atoms with Gasteiger partial charge in [0.25, 0.3) is 0 Å². The first-order chi connectivity index (χ1) is 10.6. The lowest BCUT2D eigenvalue weighted by atomic mass is 10.1. The van der Waals surface area contributed by atoms with E-state index in [9.17, 15) is 4.39 Å². The van der Waals surface area contributed by atoms with Gasteiger partial charge in [0.05, 0.1) is 13.7 Å². The number of benzene rings is 2. The molecule has 0 radical (unpaired) electrons. The second-order valence-corrected chi connectivity index (χ2v) is 4.86. The Labute approximate surface area is 129 Å². The molecule has 0 aliphatic carbocycles.